The third kappa shape index (κ3) is 3.32. The molecule has 3 nitrogen and oxygen atoms in total. The van der Waals surface area contributed by atoms with Gasteiger partial charge in [-0.3, -0.25) is 0 Å². The monoisotopic (exact) mass is 276 g/mol. The van der Waals surface area contributed by atoms with Gasteiger partial charge in [-0.2, -0.15) is 0 Å². The van der Waals surface area contributed by atoms with E-state index >= 15 is 0 Å². The molecule has 100 valence electrons. The lowest BCUT2D eigenvalue weighted by atomic mass is 10.2. The smallest absolute Gasteiger partial charge is 0.143 e. The van der Waals surface area contributed by atoms with Crippen molar-refractivity contribution in [3.8, 4) is 5.75 Å². The Bertz CT molecular complexity index is 572. The van der Waals surface area contributed by atoms with Gasteiger partial charge in [0.1, 0.15) is 5.75 Å². The lowest BCUT2D eigenvalue weighted by Crippen LogP contribution is -2.16. The molecule has 0 aliphatic carbocycles. The summed E-state index contributed by atoms with van der Waals surface area (Å²) in [5.41, 5.74) is 8.66. The van der Waals surface area contributed by atoms with Crippen molar-refractivity contribution in [3.63, 3.8) is 0 Å². The van der Waals surface area contributed by atoms with Gasteiger partial charge in [-0.25, -0.2) is 0 Å². The summed E-state index contributed by atoms with van der Waals surface area (Å²) < 4.78 is 5.23. The van der Waals surface area contributed by atoms with E-state index in [2.05, 4.69) is 11.0 Å². The van der Waals surface area contributed by atoms with Crippen LogP contribution in [0.1, 0.15) is 5.56 Å². The molecule has 0 radical (unpaired) electrons. The fourth-order valence-corrected chi connectivity index (χ4v) is 2.15. The Kier molecular flexibility index (Phi) is 4.17. The maximum absolute atomic E-state index is 5.99. The molecule has 2 aromatic rings. The molecule has 0 aliphatic heterocycles. The van der Waals surface area contributed by atoms with Gasteiger partial charge >= 0.3 is 0 Å². The zero-order chi connectivity index (χ0) is 13.8. The normalized spacial score (nSPS) is 10.3. The number of methoxy groups -OCH3 is 1. The predicted octanol–water partition coefficient (Wildman–Crippen LogP) is 3.57. The van der Waals surface area contributed by atoms with Crippen LogP contribution in [0.15, 0.2) is 42.5 Å². The molecule has 0 atom stereocenters. The number of ether oxygens (including phenoxy) is 1. The number of nitrogens with two attached hydrogens (primary N) is 1. The SMILES string of the molecule is COc1cc(N(C)Cc2cccc(Cl)c2)ccc1N. The van der Waals surface area contributed by atoms with Crippen LogP contribution in [0.3, 0.4) is 0 Å². The molecule has 0 aromatic heterocycles. The van der Waals surface area contributed by atoms with Crippen molar-refractivity contribution < 1.29 is 4.74 Å². The molecule has 2 N–H and O–H groups in total. The number of hydrogen-bond donors (Lipinski definition) is 1. The van der Waals surface area contributed by atoms with E-state index in [0.717, 1.165) is 22.8 Å². The molecule has 0 unspecified atom stereocenters. The maximum Gasteiger partial charge on any atom is 0.143 e. The summed E-state index contributed by atoms with van der Waals surface area (Å²) in [6.07, 6.45) is 0. The molecule has 0 aliphatic rings. The Labute approximate surface area is 118 Å². The first kappa shape index (κ1) is 13.6. The van der Waals surface area contributed by atoms with E-state index in [9.17, 15) is 0 Å². The van der Waals surface area contributed by atoms with Gasteiger partial charge in [0.25, 0.3) is 0 Å². The Morgan fingerprint density at radius 3 is 2.68 bits per heavy atom. The Morgan fingerprint density at radius 1 is 1.21 bits per heavy atom. The molecule has 0 bridgehead atoms. The van der Waals surface area contributed by atoms with Gasteiger partial charge in [-0.05, 0) is 29.8 Å². The number of hydrogen-bond acceptors (Lipinski definition) is 3. The average Bonchev–Trinajstić information content (AvgIpc) is 2.39. The van der Waals surface area contributed by atoms with Gasteiger partial charge in [-0.1, -0.05) is 23.7 Å². The molecular weight excluding hydrogens is 260 g/mol. The molecule has 0 heterocycles. The molecule has 2 rings (SSSR count). The zero-order valence-electron chi connectivity index (χ0n) is 11.1. The first-order valence-corrected chi connectivity index (χ1v) is 6.37. The summed E-state index contributed by atoms with van der Waals surface area (Å²) in [7, 11) is 3.64. The van der Waals surface area contributed by atoms with Crippen LogP contribution in [0.2, 0.25) is 5.02 Å². The van der Waals surface area contributed by atoms with E-state index in [1.165, 1.54) is 0 Å². The first-order valence-electron chi connectivity index (χ1n) is 5.99. The van der Waals surface area contributed by atoms with Crippen LogP contribution in [0, 0.1) is 0 Å². The minimum Gasteiger partial charge on any atom is -0.495 e. The standard InChI is InChI=1S/C15H17ClN2O/c1-18(10-11-4-3-5-12(16)8-11)13-6-7-14(17)15(9-13)19-2/h3-9H,10,17H2,1-2H3. The number of nitrogen functional groups attached to an aromatic ring is 1. The predicted molar refractivity (Wildman–Crippen MR) is 81.0 cm³/mol. The summed E-state index contributed by atoms with van der Waals surface area (Å²) in [6, 6.07) is 13.6. The maximum atomic E-state index is 5.99. The zero-order valence-corrected chi connectivity index (χ0v) is 11.8. The van der Waals surface area contributed by atoms with Crippen LogP contribution >= 0.6 is 11.6 Å². The molecule has 0 spiro atoms. The number of benzene rings is 2. The number of rotatable bonds is 4. The summed E-state index contributed by atoms with van der Waals surface area (Å²) >= 11 is 5.99. The van der Waals surface area contributed by atoms with Crippen molar-refractivity contribution in [2.45, 2.75) is 6.54 Å². The highest BCUT2D eigenvalue weighted by molar-refractivity contribution is 6.30. The van der Waals surface area contributed by atoms with Crippen molar-refractivity contribution in [2.75, 3.05) is 24.8 Å². The molecule has 0 saturated carbocycles. The van der Waals surface area contributed by atoms with Crippen LogP contribution in [-0.2, 0) is 6.54 Å². The number of nitrogens with zero attached hydrogens (tertiary/aromatic N) is 1. The highest BCUT2D eigenvalue weighted by Crippen LogP contribution is 2.27. The number of anilines is 2. The van der Waals surface area contributed by atoms with Crippen LogP contribution in [0.5, 0.6) is 5.75 Å². The second-order valence-corrected chi connectivity index (χ2v) is 4.85. The topological polar surface area (TPSA) is 38.5 Å². The summed E-state index contributed by atoms with van der Waals surface area (Å²) in [6.45, 7) is 0.771. The van der Waals surface area contributed by atoms with E-state index < -0.39 is 0 Å². The van der Waals surface area contributed by atoms with E-state index in [0.29, 0.717) is 11.4 Å². The minimum atomic E-state index is 0.641. The fourth-order valence-electron chi connectivity index (χ4n) is 1.94. The van der Waals surface area contributed by atoms with Gasteiger partial charge < -0.3 is 15.4 Å². The molecular formula is C15H17ClN2O. The molecule has 19 heavy (non-hydrogen) atoms. The highest BCUT2D eigenvalue weighted by Gasteiger charge is 2.06. The quantitative estimate of drug-likeness (QED) is 0.868. The largest absolute Gasteiger partial charge is 0.495 e. The van der Waals surface area contributed by atoms with Gasteiger partial charge in [0.05, 0.1) is 12.8 Å². The minimum absolute atomic E-state index is 0.641. The molecule has 0 saturated heterocycles. The van der Waals surface area contributed by atoms with Crippen molar-refractivity contribution in [1.82, 2.24) is 0 Å². The van der Waals surface area contributed by atoms with E-state index in [1.807, 2.05) is 43.4 Å². The number of halogens is 1. The molecule has 0 amide bonds. The van der Waals surface area contributed by atoms with Crippen LogP contribution in [-0.4, -0.2) is 14.2 Å². The summed E-state index contributed by atoms with van der Waals surface area (Å²) in [4.78, 5) is 2.12. The molecule has 4 heteroatoms. The Balaban J connectivity index is 2.18. The van der Waals surface area contributed by atoms with Gasteiger partial charge in [-0.15, -0.1) is 0 Å². The van der Waals surface area contributed by atoms with Crippen molar-refractivity contribution >= 4 is 23.0 Å². The van der Waals surface area contributed by atoms with Gasteiger partial charge in [0.2, 0.25) is 0 Å². The Morgan fingerprint density at radius 2 is 2.00 bits per heavy atom. The van der Waals surface area contributed by atoms with Crippen LogP contribution in [0.4, 0.5) is 11.4 Å². The first-order chi connectivity index (χ1) is 9.10. The van der Waals surface area contributed by atoms with Gasteiger partial charge in [0, 0.05) is 30.4 Å². The van der Waals surface area contributed by atoms with Crippen molar-refractivity contribution in [3.05, 3.63) is 53.1 Å². The fraction of sp³-hybridized carbons (Fsp3) is 0.200. The third-order valence-electron chi connectivity index (χ3n) is 2.97. The molecule has 0 fully saturated rings. The van der Waals surface area contributed by atoms with Crippen molar-refractivity contribution in [1.29, 1.82) is 0 Å². The third-order valence-corrected chi connectivity index (χ3v) is 3.20. The second-order valence-electron chi connectivity index (χ2n) is 4.41. The summed E-state index contributed by atoms with van der Waals surface area (Å²) in [5, 5.41) is 0.751. The lowest BCUT2D eigenvalue weighted by molar-refractivity contribution is 0.417. The second kappa shape index (κ2) is 5.85. The summed E-state index contributed by atoms with van der Waals surface area (Å²) in [5.74, 6) is 0.690. The average molecular weight is 277 g/mol. The van der Waals surface area contributed by atoms with Gasteiger partial charge in [0.15, 0.2) is 0 Å². The Hall–Kier alpha value is -1.87. The van der Waals surface area contributed by atoms with E-state index in [1.54, 1.807) is 7.11 Å². The van der Waals surface area contributed by atoms with E-state index in [4.69, 9.17) is 22.1 Å². The van der Waals surface area contributed by atoms with Crippen LogP contribution in [0.25, 0.3) is 0 Å². The van der Waals surface area contributed by atoms with Crippen LogP contribution < -0.4 is 15.4 Å². The highest BCUT2D eigenvalue weighted by atomic mass is 35.5. The molecule has 2 aromatic carbocycles. The van der Waals surface area contributed by atoms with Crippen molar-refractivity contribution in [2.24, 2.45) is 0 Å². The lowest BCUT2D eigenvalue weighted by Gasteiger charge is -2.20. The van der Waals surface area contributed by atoms with E-state index in [-0.39, 0.29) is 0 Å².